The first-order chi connectivity index (χ1) is 9.81. The van der Waals surface area contributed by atoms with Crippen LogP contribution < -0.4 is 5.32 Å². The number of aliphatic carboxylic acids is 1. The van der Waals surface area contributed by atoms with Gasteiger partial charge in [-0.2, -0.15) is 0 Å². The molecule has 1 saturated heterocycles. The second-order valence-electron chi connectivity index (χ2n) is 5.24. The fourth-order valence-corrected chi connectivity index (χ4v) is 2.16. The SMILES string of the molecule is CCNC(=O)CN(CC)C(=O)N1CC(C)(OCC(=O)O)C1. The number of carboxylic acid groups (broad SMARTS) is 1. The molecule has 2 N–H and O–H groups in total. The highest BCUT2D eigenvalue weighted by Crippen LogP contribution is 2.25. The first-order valence-corrected chi connectivity index (χ1v) is 6.97. The highest BCUT2D eigenvalue weighted by atomic mass is 16.5. The number of nitrogens with zero attached hydrogens (tertiary/aromatic N) is 2. The van der Waals surface area contributed by atoms with Gasteiger partial charge in [-0.1, -0.05) is 0 Å². The van der Waals surface area contributed by atoms with Crippen LogP contribution in [-0.2, 0) is 14.3 Å². The number of amides is 3. The van der Waals surface area contributed by atoms with Crippen LogP contribution in [0.1, 0.15) is 20.8 Å². The van der Waals surface area contributed by atoms with Crippen LogP contribution in [0, 0.1) is 0 Å². The molecule has 0 aliphatic carbocycles. The number of hydrogen-bond acceptors (Lipinski definition) is 4. The van der Waals surface area contributed by atoms with Crippen LogP contribution in [0.2, 0.25) is 0 Å². The molecule has 0 aromatic rings. The summed E-state index contributed by atoms with van der Waals surface area (Å²) >= 11 is 0. The van der Waals surface area contributed by atoms with Gasteiger partial charge in [-0.3, -0.25) is 4.79 Å². The van der Waals surface area contributed by atoms with Crippen molar-refractivity contribution in [2.45, 2.75) is 26.4 Å². The molecule has 8 heteroatoms. The highest BCUT2D eigenvalue weighted by Gasteiger charge is 2.44. The van der Waals surface area contributed by atoms with E-state index >= 15 is 0 Å². The quantitative estimate of drug-likeness (QED) is 0.675. The molecular formula is C13H23N3O5. The Balaban J connectivity index is 2.45. The Hall–Kier alpha value is -1.83. The summed E-state index contributed by atoms with van der Waals surface area (Å²) in [4.78, 5) is 37.2. The lowest BCUT2D eigenvalue weighted by Gasteiger charge is -2.48. The number of ether oxygens (including phenoxy) is 1. The van der Waals surface area contributed by atoms with Crippen LogP contribution in [0.4, 0.5) is 4.79 Å². The second-order valence-corrected chi connectivity index (χ2v) is 5.24. The van der Waals surface area contributed by atoms with Crippen molar-refractivity contribution in [1.82, 2.24) is 15.1 Å². The van der Waals surface area contributed by atoms with Crippen molar-refractivity contribution in [2.75, 3.05) is 39.3 Å². The number of carboxylic acids is 1. The van der Waals surface area contributed by atoms with Gasteiger partial charge in [0.05, 0.1) is 13.1 Å². The third kappa shape index (κ3) is 4.89. The molecule has 1 heterocycles. The molecule has 3 amide bonds. The fraction of sp³-hybridized carbons (Fsp3) is 0.769. The smallest absolute Gasteiger partial charge is 0.329 e. The maximum absolute atomic E-state index is 12.2. The van der Waals surface area contributed by atoms with E-state index in [4.69, 9.17) is 9.84 Å². The number of likely N-dealkylation sites (N-methyl/N-ethyl adjacent to an activating group) is 2. The molecule has 120 valence electrons. The Morgan fingerprint density at radius 1 is 1.33 bits per heavy atom. The summed E-state index contributed by atoms with van der Waals surface area (Å²) in [5.74, 6) is -1.23. The molecule has 1 fully saturated rings. The van der Waals surface area contributed by atoms with Crippen LogP contribution in [0.25, 0.3) is 0 Å². The van der Waals surface area contributed by atoms with Crippen molar-refractivity contribution in [1.29, 1.82) is 0 Å². The molecule has 8 nitrogen and oxygen atoms in total. The molecule has 0 bridgehead atoms. The van der Waals surface area contributed by atoms with Gasteiger partial charge in [0.1, 0.15) is 18.8 Å². The number of carbonyl (C=O) groups excluding carboxylic acids is 2. The molecular weight excluding hydrogens is 278 g/mol. The van der Waals surface area contributed by atoms with Crippen molar-refractivity contribution < 1.29 is 24.2 Å². The van der Waals surface area contributed by atoms with Crippen molar-refractivity contribution in [3.05, 3.63) is 0 Å². The number of carbonyl (C=O) groups is 3. The molecule has 0 aromatic carbocycles. The lowest BCUT2D eigenvalue weighted by molar-refractivity contribution is -0.160. The number of nitrogens with one attached hydrogen (secondary N) is 1. The van der Waals surface area contributed by atoms with Gasteiger partial charge >= 0.3 is 12.0 Å². The monoisotopic (exact) mass is 301 g/mol. The van der Waals surface area contributed by atoms with Crippen molar-refractivity contribution in [3.63, 3.8) is 0 Å². The van der Waals surface area contributed by atoms with Gasteiger partial charge in [-0.15, -0.1) is 0 Å². The van der Waals surface area contributed by atoms with Crippen LogP contribution in [0.3, 0.4) is 0 Å². The molecule has 0 spiro atoms. The molecule has 0 atom stereocenters. The van der Waals surface area contributed by atoms with Crippen LogP contribution in [-0.4, -0.2) is 77.7 Å². The number of rotatable bonds is 7. The largest absolute Gasteiger partial charge is 0.480 e. The van der Waals surface area contributed by atoms with Crippen molar-refractivity contribution in [2.24, 2.45) is 0 Å². The van der Waals surface area contributed by atoms with E-state index in [2.05, 4.69) is 5.32 Å². The maximum Gasteiger partial charge on any atom is 0.329 e. The zero-order valence-corrected chi connectivity index (χ0v) is 12.7. The minimum atomic E-state index is -1.03. The highest BCUT2D eigenvalue weighted by molar-refractivity contribution is 5.84. The van der Waals surface area contributed by atoms with Crippen molar-refractivity contribution in [3.8, 4) is 0 Å². The summed E-state index contributed by atoms with van der Waals surface area (Å²) in [5, 5.41) is 11.2. The number of hydrogen-bond donors (Lipinski definition) is 2. The van der Waals surface area contributed by atoms with E-state index in [9.17, 15) is 14.4 Å². The lowest BCUT2D eigenvalue weighted by Crippen LogP contribution is -2.66. The Kier molecular flexibility index (Phi) is 5.95. The predicted octanol–water partition coefficient (Wildman–Crippen LogP) is -0.260. The Morgan fingerprint density at radius 2 is 1.95 bits per heavy atom. The third-order valence-electron chi connectivity index (χ3n) is 3.23. The summed E-state index contributed by atoms with van der Waals surface area (Å²) in [6.07, 6.45) is 0. The molecule has 0 unspecified atom stereocenters. The van der Waals surface area contributed by atoms with Gasteiger partial charge in [0.25, 0.3) is 0 Å². The Labute approximate surface area is 124 Å². The molecule has 1 rings (SSSR count). The molecule has 0 aromatic heterocycles. The minimum absolute atomic E-state index is 0.0202. The van der Waals surface area contributed by atoms with Crippen molar-refractivity contribution >= 4 is 17.9 Å². The van der Waals surface area contributed by atoms with E-state index < -0.39 is 11.6 Å². The molecule has 0 radical (unpaired) electrons. The first kappa shape index (κ1) is 17.2. The van der Waals surface area contributed by atoms with Gasteiger partial charge in [-0.25, -0.2) is 9.59 Å². The molecule has 21 heavy (non-hydrogen) atoms. The van der Waals surface area contributed by atoms with Crippen LogP contribution >= 0.6 is 0 Å². The fourth-order valence-electron chi connectivity index (χ4n) is 2.16. The summed E-state index contributed by atoms with van der Waals surface area (Å²) in [5.41, 5.74) is -0.626. The first-order valence-electron chi connectivity index (χ1n) is 6.97. The van der Waals surface area contributed by atoms with Gasteiger partial charge < -0.3 is 25.0 Å². The number of likely N-dealkylation sites (tertiary alicyclic amines) is 1. The van der Waals surface area contributed by atoms with Gasteiger partial charge in [0.15, 0.2) is 0 Å². The second kappa shape index (κ2) is 7.26. The average molecular weight is 301 g/mol. The van der Waals surface area contributed by atoms with Crippen LogP contribution in [0.15, 0.2) is 0 Å². The molecule has 0 saturated carbocycles. The van der Waals surface area contributed by atoms with Crippen LogP contribution in [0.5, 0.6) is 0 Å². The average Bonchev–Trinajstić information content (AvgIpc) is 2.39. The number of urea groups is 1. The van der Waals surface area contributed by atoms with E-state index in [-0.39, 0.29) is 25.1 Å². The van der Waals surface area contributed by atoms with E-state index in [0.29, 0.717) is 26.2 Å². The van der Waals surface area contributed by atoms with E-state index in [1.807, 2.05) is 6.92 Å². The summed E-state index contributed by atoms with van der Waals surface area (Å²) in [7, 11) is 0. The molecule has 1 aliphatic heterocycles. The maximum atomic E-state index is 12.2. The summed E-state index contributed by atoms with van der Waals surface area (Å²) in [6, 6.07) is -0.236. The van der Waals surface area contributed by atoms with E-state index in [0.717, 1.165) is 0 Å². The topological polar surface area (TPSA) is 99.2 Å². The molecule has 1 aliphatic rings. The zero-order chi connectivity index (χ0) is 16.0. The van der Waals surface area contributed by atoms with Gasteiger partial charge in [0, 0.05) is 13.1 Å². The Morgan fingerprint density at radius 3 is 2.43 bits per heavy atom. The van der Waals surface area contributed by atoms with E-state index in [1.165, 1.54) is 4.90 Å². The summed E-state index contributed by atoms with van der Waals surface area (Å²) in [6.45, 7) is 6.62. The lowest BCUT2D eigenvalue weighted by atomic mass is 9.97. The Bertz CT molecular complexity index is 407. The van der Waals surface area contributed by atoms with Gasteiger partial charge in [0.2, 0.25) is 5.91 Å². The van der Waals surface area contributed by atoms with E-state index in [1.54, 1.807) is 18.7 Å². The third-order valence-corrected chi connectivity index (χ3v) is 3.23. The minimum Gasteiger partial charge on any atom is -0.480 e. The van der Waals surface area contributed by atoms with Gasteiger partial charge in [-0.05, 0) is 20.8 Å². The standard InChI is InChI=1S/C13H23N3O5/c1-4-14-10(17)6-15(5-2)12(20)16-8-13(3,9-16)21-7-11(18)19/h4-9H2,1-3H3,(H,14,17)(H,18,19). The predicted molar refractivity (Wildman–Crippen MR) is 74.9 cm³/mol. The zero-order valence-electron chi connectivity index (χ0n) is 12.7. The normalized spacial score (nSPS) is 16.0. The summed E-state index contributed by atoms with van der Waals surface area (Å²) < 4.78 is 5.25.